The van der Waals surface area contributed by atoms with Gasteiger partial charge in [-0.2, -0.15) is 9.78 Å². The molecule has 0 atom stereocenters. The zero-order valence-electron chi connectivity index (χ0n) is 12.1. The molecule has 4 rings (SSSR count). The van der Waals surface area contributed by atoms with Gasteiger partial charge in [-0.25, -0.2) is 9.37 Å². The van der Waals surface area contributed by atoms with Crippen LogP contribution < -0.4 is 10.6 Å². The van der Waals surface area contributed by atoms with Gasteiger partial charge in [0, 0.05) is 12.1 Å². The van der Waals surface area contributed by atoms with Crippen LogP contribution in [0.3, 0.4) is 0 Å². The van der Waals surface area contributed by atoms with E-state index in [1.54, 1.807) is 24.3 Å². The van der Waals surface area contributed by atoms with Gasteiger partial charge in [0.1, 0.15) is 11.9 Å². The number of rotatable bonds is 4. The SMILES string of the molecule is N#Cc1cnc2c(NC3CC3)cc(Nc3ccccc3F)nn12. The Kier molecular flexibility index (Phi) is 3.08. The highest BCUT2D eigenvalue weighted by Crippen LogP contribution is 2.29. The van der Waals surface area contributed by atoms with E-state index in [1.165, 1.54) is 16.8 Å². The second kappa shape index (κ2) is 5.25. The molecule has 1 aliphatic carbocycles. The molecule has 7 heteroatoms. The molecule has 23 heavy (non-hydrogen) atoms. The third-order valence-corrected chi connectivity index (χ3v) is 3.66. The van der Waals surface area contributed by atoms with Crippen molar-refractivity contribution < 1.29 is 4.39 Å². The number of nitrogens with one attached hydrogen (secondary N) is 2. The van der Waals surface area contributed by atoms with Gasteiger partial charge < -0.3 is 10.6 Å². The quantitative estimate of drug-likeness (QED) is 0.774. The minimum absolute atomic E-state index is 0.329. The van der Waals surface area contributed by atoms with E-state index in [9.17, 15) is 9.65 Å². The summed E-state index contributed by atoms with van der Waals surface area (Å²) >= 11 is 0. The van der Waals surface area contributed by atoms with E-state index in [4.69, 9.17) is 0 Å². The van der Waals surface area contributed by atoms with E-state index in [2.05, 4.69) is 26.8 Å². The van der Waals surface area contributed by atoms with Gasteiger partial charge in [-0.05, 0) is 25.0 Å². The first-order chi connectivity index (χ1) is 11.2. The molecule has 0 bridgehead atoms. The second-order valence-electron chi connectivity index (χ2n) is 5.46. The third-order valence-electron chi connectivity index (χ3n) is 3.66. The molecule has 0 saturated heterocycles. The predicted molar refractivity (Wildman–Crippen MR) is 84.0 cm³/mol. The fraction of sp³-hybridized carbons (Fsp3) is 0.188. The number of anilines is 3. The van der Waals surface area contributed by atoms with E-state index in [0.29, 0.717) is 28.9 Å². The number of para-hydroxylation sites is 1. The zero-order valence-corrected chi connectivity index (χ0v) is 12.1. The molecule has 0 spiro atoms. The molecule has 0 aliphatic heterocycles. The van der Waals surface area contributed by atoms with Crippen LogP contribution in [0.5, 0.6) is 0 Å². The Morgan fingerprint density at radius 3 is 2.83 bits per heavy atom. The molecule has 1 aliphatic rings. The summed E-state index contributed by atoms with van der Waals surface area (Å²) < 4.78 is 15.3. The van der Waals surface area contributed by atoms with Gasteiger partial charge in [0.05, 0.1) is 17.6 Å². The minimum atomic E-state index is -0.364. The highest BCUT2D eigenvalue weighted by Gasteiger charge is 2.23. The average Bonchev–Trinajstić information content (AvgIpc) is 3.26. The number of hydrogen-bond donors (Lipinski definition) is 2. The maximum Gasteiger partial charge on any atom is 0.178 e. The van der Waals surface area contributed by atoms with E-state index < -0.39 is 0 Å². The molecule has 2 heterocycles. The normalized spacial score (nSPS) is 13.7. The van der Waals surface area contributed by atoms with Crippen LogP contribution in [0.1, 0.15) is 18.5 Å². The molecule has 1 fully saturated rings. The Labute approximate surface area is 131 Å². The number of fused-ring (bicyclic) bond motifs is 1. The highest BCUT2D eigenvalue weighted by atomic mass is 19.1. The summed E-state index contributed by atoms with van der Waals surface area (Å²) in [7, 11) is 0. The minimum Gasteiger partial charge on any atom is -0.379 e. The number of nitrogens with zero attached hydrogens (tertiary/aromatic N) is 4. The maximum absolute atomic E-state index is 13.8. The lowest BCUT2D eigenvalue weighted by molar-refractivity contribution is 0.631. The van der Waals surface area contributed by atoms with Gasteiger partial charge in [-0.3, -0.25) is 0 Å². The molecular formula is C16H13FN6. The Morgan fingerprint density at radius 1 is 1.26 bits per heavy atom. The van der Waals surface area contributed by atoms with E-state index in [0.717, 1.165) is 18.5 Å². The van der Waals surface area contributed by atoms with Crippen molar-refractivity contribution in [3.63, 3.8) is 0 Å². The molecule has 0 amide bonds. The van der Waals surface area contributed by atoms with Gasteiger partial charge in [0.15, 0.2) is 17.2 Å². The Bertz CT molecular complexity index is 922. The van der Waals surface area contributed by atoms with Gasteiger partial charge >= 0.3 is 0 Å². The fourth-order valence-electron chi connectivity index (χ4n) is 2.36. The number of aromatic nitrogens is 3. The zero-order chi connectivity index (χ0) is 15.8. The first-order valence-electron chi connectivity index (χ1n) is 7.31. The van der Waals surface area contributed by atoms with Crippen LogP contribution in [-0.2, 0) is 0 Å². The molecule has 0 unspecified atom stereocenters. The largest absolute Gasteiger partial charge is 0.379 e. The van der Waals surface area contributed by atoms with Crippen LogP contribution in [0.15, 0.2) is 36.5 Å². The van der Waals surface area contributed by atoms with E-state index in [1.807, 2.05) is 0 Å². The van der Waals surface area contributed by atoms with Crippen molar-refractivity contribution in [1.29, 1.82) is 5.26 Å². The molecule has 0 radical (unpaired) electrons. The van der Waals surface area contributed by atoms with Crippen molar-refractivity contribution in [2.75, 3.05) is 10.6 Å². The Morgan fingerprint density at radius 2 is 2.09 bits per heavy atom. The van der Waals surface area contributed by atoms with Gasteiger partial charge in [0.25, 0.3) is 0 Å². The van der Waals surface area contributed by atoms with Crippen molar-refractivity contribution in [2.45, 2.75) is 18.9 Å². The summed E-state index contributed by atoms with van der Waals surface area (Å²) in [6, 6.07) is 10.6. The Balaban J connectivity index is 1.79. The summed E-state index contributed by atoms with van der Waals surface area (Å²) in [5, 5.41) is 19.9. The lowest BCUT2D eigenvalue weighted by Gasteiger charge is -2.11. The second-order valence-corrected chi connectivity index (χ2v) is 5.46. The average molecular weight is 308 g/mol. The molecule has 114 valence electrons. The summed E-state index contributed by atoms with van der Waals surface area (Å²) in [5.41, 5.74) is 2.03. The molecule has 6 nitrogen and oxygen atoms in total. The summed E-state index contributed by atoms with van der Waals surface area (Å²) in [6.07, 6.45) is 3.69. The smallest absolute Gasteiger partial charge is 0.178 e. The van der Waals surface area contributed by atoms with E-state index in [-0.39, 0.29) is 5.82 Å². The highest BCUT2D eigenvalue weighted by molar-refractivity contribution is 5.73. The standard InChI is InChI=1S/C16H13FN6/c17-12-3-1-2-4-13(12)21-15-7-14(20-10-5-6-10)16-19-9-11(8-18)23(16)22-15/h1-4,7,9-10,20H,5-6H2,(H,21,22). The van der Waals surface area contributed by atoms with Crippen LogP contribution in [0.25, 0.3) is 5.65 Å². The van der Waals surface area contributed by atoms with Gasteiger partial charge in [-0.1, -0.05) is 12.1 Å². The van der Waals surface area contributed by atoms with Crippen LogP contribution >= 0.6 is 0 Å². The molecule has 3 aromatic rings. The molecule has 2 aromatic heterocycles. The lowest BCUT2D eigenvalue weighted by Crippen LogP contribution is -2.08. The van der Waals surface area contributed by atoms with Crippen LogP contribution in [0.2, 0.25) is 0 Å². The molecular weight excluding hydrogens is 295 g/mol. The third kappa shape index (κ3) is 2.55. The predicted octanol–water partition coefficient (Wildman–Crippen LogP) is 3.06. The summed E-state index contributed by atoms with van der Waals surface area (Å²) in [5.74, 6) is 0.0810. The monoisotopic (exact) mass is 308 g/mol. The number of hydrogen-bond acceptors (Lipinski definition) is 5. The molecule has 1 saturated carbocycles. The van der Waals surface area contributed by atoms with Crippen LogP contribution in [-0.4, -0.2) is 20.6 Å². The topological polar surface area (TPSA) is 78.0 Å². The van der Waals surface area contributed by atoms with Gasteiger partial charge in [0.2, 0.25) is 0 Å². The number of benzene rings is 1. The molecule has 2 N–H and O–H groups in total. The van der Waals surface area contributed by atoms with Crippen molar-refractivity contribution in [2.24, 2.45) is 0 Å². The van der Waals surface area contributed by atoms with Crippen molar-refractivity contribution in [3.05, 3.63) is 48.0 Å². The van der Waals surface area contributed by atoms with Crippen molar-refractivity contribution in [1.82, 2.24) is 14.6 Å². The fourth-order valence-corrected chi connectivity index (χ4v) is 2.36. The first kappa shape index (κ1) is 13.5. The number of halogens is 1. The van der Waals surface area contributed by atoms with Crippen molar-refractivity contribution in [3.8, 4) is 6.07 Å². The Hall–Kier alpha value is -3.14. The first-order valence-corrected chi connectivity index (χ1v) is 7.31. The van der Waals surface area contributed by atoms with Gasteiger partial charge in [-0.15, -0.1) is 5.10 Å². The van der Waals surface area contributed by atoms with Crippen molar-refractivity contribution >= 4 is 22.8 Å². The van der Waals surface area contributed by atoms with Crippen LogP contribution in [0.4, 0.5) is 21.6 Å². The summed E-state index contributed by atoms with van der Waals surface area (Å²) in [4.78, 5) is 4.25. The van der Waals surface area contributed by atoms with E-state index >= 15 is 0 Å². The number of imidazole rings is 1. The molecule has 1 aromatic carbocycles. The maximum atomic E-state index is 13.8. The lowest BCUT2D eigenvalue weighted by atomic mass is 10.3. The number of nitriles is 1. The van der Waals surface area contributed by atoms with Crippen LogP contribution in [0, 0.1) is 17.1 Å². The summed E-state index contributed by atoms with van der Waals surface area (Å²) in [6.45, 7) is 0.